The van der Waals surface area contributed by atoms with Crippen molar-refractivity contribution in [1.29, 1.82) is 0 Å². The van der Waals surface area contributed by atoms with Crippen LogP contribution in [0.4, 0.5) is 0 Å². The van der Waals surface area contributed by atoms with Gasteiger partial charge in [0.2, 0.25) is 10.0 Å². The van der Waals surface area contributed by atoms with Gasteiger partial charge in [-0.05, 0) is 54.8 Å². The fourth-order valence-corrected chi connectivity index (χ4v) is 4.83. The van der Waals surface area contributed by atoms with Gasteiger partial charge in [0.25, 0.3) is 0 Å². The van der Waals surface area contributed by atoms with Crippen LogP contribution in [0.3, 0.4) is 0 Å². The van der Waals surface area contributed by atoms with Gasteiger partial charge in [0.1, 0.15) is 0 Å². The molecule has 0 bridgehead atoms. The third-order valence-electron chi connectivity index (χ3n) is 3.77. The summed E-state index contributed by atoms with van der Waals surface area (Å²) in [6, 6.07) is 14.9. The second kappa shape index (κ2) is 6.43. The molecule has 1 heterocycles. The fraction of sp³-hybridized carbons (Fsp3) is 0.222. The van der Waals surface area contributed by atoms with Crippen LogP contribution in [0.2, 0.25) is 0 Å². The Balaban J connectivity index is 1.76. The summed E-state index contributed by atoms with van der Waals surface area (Å²) in [6.45, 7) is 3.84. The van der Waals surface area contributed by atoms with E-state index in [2.05, 4.69) is 22.2 Å². The van der Waals surface area contributed by atoms with Gasteiger partial charge in [0.15, 0.2) is 0 Å². The minimum absolute atomic E-state index is 0.167. The van der Waals surface area contributed by atoms with E-state index in [1.165, 1.54) is 15.6 Å². The molecule has 0 saturated carbocycles. The summed E-state index contributed by atoms with van der Waals surface area (Å²) in [6.07, 6.45) is 0.676. The number of fused-ring (bicyclic) bond motifs is 1. The normalized spacial score (nSPS) is 13.3. The van der Waals surface area contributed by atoms with Crippen molar-refractivity contribution in [3.63, 3.8) is 0 Å². The first kappa shape index (κ1) is 16.2. The largest absolute Gasteiger partial charge is 0.240 e. The van der Waals surface area contributed by atoms with Crippen LogP contribution in [0, 0.1) is 6.92 Å². The summed E-state index contributed by atoms with van der Waals surface area (Å²) in [5.41, 5.74) is 2.23. The van der Waals surface area contributed by atoms with Gasteiger partial charge in [0.05, 0.1) is 4.90 Å². The maximum atomic E-state index is 12.4. The molecule has 5 heteroatoms. The third kappa shape index (κ3) is 3.63. The van der Waals surface area contributed by atoms with Crippen LogP contribution in [0.15, 0.2) is 58.8 Å². The highest BCUT2D eigenvalue weighted by molar-refractivity contribution is 7.89. The minimum atomic E-state index is -3.48. The van der Waals surface area contributed by atoms with Crippen molar-refractivity contribution in [3.8, 4) is 0 Å². The summed E-state index contributed by atoms with van der Waals surface area (Å²) < 4.78 is 28.9. The Morgan fingerprint density at radius 2 is 1.78 bits per heavy atom. The quantitative estimate of drug-likeness (QED) is 0.756. The summed E-state index contributed by atoms with van der Waals surface area (Å²) in [7, 11) is -3.48. The summed E-state index contributed by atoms with van der Waals surface area (Å²) >= 11 is 1.69. The van der Waals surface area contributed by atoms with Gasteiger partial charge < -0.3 is 0 Å². The van der Waals surface area contributed by atoms with E-state index in [9.17, 15) is 8.42 Å². The molecule has 3 rings (SSSR count). The van der Waals surface area contributed by atoms with Crippen LogP contribution < -0.4 is 4.72 Å². The van der Waals surface area contributed by atoms with Gasteiger partial charge in [-0.1, -0.05) is 35.9 Å². The molecule has 0 radical (unpaired) electrons. The van der Waals surface area contributed by atoms with E-state index in [1.807, 2.05) is 38.1 Å². The Kier molecular flexibility index (Phi) is 4.53. The van der Waals surface area contributed by atoms with E-state index < -0.39 is 10.0 Å². The lowest BCUT2D eigenvalue weighted by molar-refractivity contribution is 0.560. The molecule has 23 heavy (non-hydrogen) atoms. The number of hydrogen-bond acceptors (Lipinski definition) is 3. The number of aryl methyl sites for hydroxylation is 1. The Morgan fingerprint density at radius 3 is 2.52 bits per heavy atom. The lowest BCUT2D eigenvalue weighted by Gasteiger charge is -2.14. The summed E-state index contributed by atoms with van der Waals surface area (Å²) in [5, 5.41) is 3.32. The second-order valence-electron chi connectivity index (χ2n) is 5.80. The zero-order valence-corrected chi connectivity index (χ0v) is 14.7. The predicted octanol–water partition coefficient (Wildman–Crippen LogP) is 4.12. The smallest absolute Gasteiger partial charge is 0.208 e. The fourth-order valence-electron chi connectivity index (χ4n) is 2.61. The molecule has 3 aromatic rings. The SMILES string of the molecule is Cc1ccc(S(=O)(=O)N[C@@H](C)Cc2csc3ccccc23)cc1. The van der Waals surface area contributed by atoms with Crippen molar-refractivity contribution in [3.05, 3.63) is 65.0 Å². The lowest BCUT2D eigenvalue weighted by atomic mass is 10.1. The first-order chi connectivity index (χ1) is 11.0. The molecule has 0 fully saturated rings. The Labute approximate surface area is 141 Å². The Hall–Kier alpha value is -1.69. The summed E-state index contributed by atoms with van der Waals surface area (Å²) in [4.78, 5) is 0.310. The molecule has 1 aromatic heterocycles. The molecule has 1 atom stereocenters. The zero-order chi connectivity index (χ0) is 16.4. The number of rotatable bonds is 5. The van der Waals surface area contributed by atoms with E-state index in [0.29, 0.717) is 11.3 Å². The van der Waals surface area contributed by atoms with Crippen molar-refractivity contribution < 1.29 is 8.42 Å². The highest BCUT2D eigenvalue weighted by atomic mass is 32.2. The van der Waals surface area contributed by atoms with Gasteiger partial charge >= 0.3 is 0 Å². The Morgan fingerprint density at radius 1 is 1.09 bits per heavy atom. The number of nitrogens with one attached hydrogen (secondary N) is 1. The van der Waals surface area contributed by atoms with Crippen molar-refractivity contribution in [2.24, 2.45) is 0 Å². The van der Waals surface area contributed by atoms with Crippen molar-refractivity contribution >= 4 is 31.4 Å². The second-order valence-corrected chi connectivity index (χ2v) is 8.42. The molecule has 0 unspecified atom stereocenters. The van der Waals surface area contributed by atoms with Crippen molar-refractivity contribution in [2.45, 2.75) is 31.2 Å². The summed E-state index contributed by atoms with van der Waals surface area (Å²) in [5.74, 6) is 0. The van der Waals surface area contributed by atoms with E-state index in [-0.39, 0.29) is 6.04 Å². The van der Waals surface area contributed by atoms with Gasteiger partial charge in [-0.25, -0.2) is 13.1 Å². The molecule has 1 N–H and O–H groups in total. The molecule has 0 aliphatic heterocycles. The van der Waals surface area contributed by atoms with E-state index >= 15 is 0 Å². The molecule has 0 aliphatic rings. The molecule has 2 aromatic carbocycles. The van der Waals surface area contributed by atoms with Crippen LogP contribution in [0.1, 0.15) is 18.1 Å². The van der Waals surface area contributed by atoms with Crippen LogP contribution >= 0.6 is 11.3 Å². The van der Waals surface area contributed by atoms with Crippen LogP contribution in [0.25, 0.3) is 10.1 Å². The number of thiophene rings is 1. The van der Waals surface area contributed by atoms with Gasteiger partial charge in [-0.2, -0.15) is 0 Å². The average molecular weight is 345 g/mol. The van der Waals surface area contributed by atoms with E-state index in [4.69, 9.17) is 0 Å². The molecular weight excluding hydrogens is 326 g/mol. The van der Waals surface area contributed by atoms with Crippen LogP contribution in [-0.4, -0.2) is 14.5 Å². The highest BCUT2D eigenvalue weighted by Gasteiger charge is 2.18. The lowest BCUT2D eigenvalue weighted by Crippen LogP contribution is -2.34. The minimum Gasteiger partial charge on any atom is -0.208 e. The average Bonchev–Trinajstić information content (AvgIpc) is 2.90. The molecule has 0 aliphatic carbocycles. The zero-order valence-electron chi connectivity index (χ0n) is 13.1. The predicted molar refractivity (Wildman–Crippen MR) is 96.5 cm³/mol. The number of sulfonamides is 1. The highest BCUT2D eigenvalue weighted by Crippen LogP contribution is 2.26. The van der Waals surface area contributed by atoms with Gasteiger partial charge in [-0.15, -0.1) is 11.3 Å². The molecule has 0 amide bonds. The maximum Gasteiger partial charge on any atom is 0.240 e. The van der Waals surface area contributed by atoms with E-state index in [0.717, 1.165) is 5.56 Å². The van der Waals surface area contributed by atoms with Crippen molar-refractivity contribution in [2.75, 3.05) is 0 Å². The van der Waals surface area contributed by atoms with E-state index in [1.54, 1.807) is 23.5 Å². The molecule has 0 saturated heterocycles. The molecule has 0 spiro atoms. The first-order valence-corrected chi connectivity index (χ1v) is 9.86. The molecular formula is C18H19NO2S2. The van der Waals surface area contributed by atoms with Gasteiger partial charge in [-0.3, -0.25) is 0 Å². The monoisotopic (exact) mass is 345 g/mol. The Bertz CT molecular complexity index is 912. The standard InChI is InChI=1S/C18H19NO2S2/c1-13-7-9-16(10-8-13)23(20,21)19-14(2)11-15-12-22-18-6-4-3-5-17(15)18/h3-10,12,14,19H,11H2,1-2H3/t14-/m0/s1. The van der Waals surface area contributed by atoms with Crippen LogP contribution in [0.5, 0.6) is 0 Å². The van der Waals surface area contributed by atoms with Gasteiger partial charge in [0, 0.05) is 10.7 Å². The molecule has 120 valence electrons. The van der Waals surface area contributed by atoms with Crippen molar-refractivity contribution in [1.82, 2.24) is 4.72 Å². The number of benzene rings is 2. The third-order valence-corrected chi connectivity index (χ3v) is 6.39. The molecule has 3 nitrogen and oxygen atoms in total. The number of hydrogen-bond donors (Lipinski definition) is 1. The first-order valence-electron chi connectivity index (χ1n) is 7.50. The van der Waals surface area contributed by atoms with Crippen LogP contribution in [-0.2, 0) is 16.4 Å². The maximum absolute atomic E-state index is 12.4. The topological polar surface area (TPSA) is 46.2 Å².